The fourth-order valence-corrected chi connectivity index (χ4v) is 4.45. The molecule has 0 atom stereocenters. The number of hydrogen-bond donors (Lipinski definition) is 2. The molecule has 0 unspecified atom stereocenters. The van der Waals surface area contributed by atoms with E-state index in [4.69, 9.17) is 27.9 Å². The van der Waals surface area contributed by atoms with Crippen molar-refractivity contribution in [3.05, 3.63) is 26.7 Å². The second-order valence-corrected chi connectivity index (χ2v) is 7.96. The summed E-state index contributed by atoms with van der Waals surface area (Å²) in [5, 5.41) is 2.21. The van der Waals surface area contributed by atoms with E-state index in [0.29, 0.717) is 11.1 Å². The zero-order chi connectivity index (χ0) is 19.0. The molecule has 0 radical (unpaired) electrons. The van der Waals surface area contributed by atoms with Gasteiger partial charge >= 0.3 is 5.97 Å². The Morgan fingerprint density at radius 2 is 1.84 bits per heavy atom. The van der Waals surface area contributed by atoms with Crippen molar-refractivity contribution in [2.45, 2.75) is 4.90 Å². The lowest BCUT2D eigenvalue weighted by molar-refractivity contribution is -0.147. The minimum atomic E-state index is -4.14. The van der Waals surface area contributed by atoms with Crippen molar-refractivity contribution in [1.29, 1.82) is 0 Å². The lowest BCUT2D eigenvalue weighted by Crippen LogP contribution is -2.35. The largest absolute Gasteiger partial charge is 0.455 e. The van der Waals surface area contributed by atoms with E-state index < -0.39 is 35.1 Å². The first-order valence-electron chi connectivity index (χ1n) is 6.73. The molecule has 1 aromatic rings. The number of halogens is 3. The molecule has 0 saturated carbocycles. The van der Waals surface area contributed by atoms with Gasteiger partial charge in [0.05, 0.1) is 16.7 Å². The van der Waals surface area contributed by atoms with Crippen molar-refractivity contribution < 1.29 is 27.5 Å². The van der Waals surface area contributed by atoms with Crippen LogP contribution in [0.2, 0.25) is 10.0 Å². The van der Waals surface area contributed by atoms with Crippen molar-refractivity contribution in [2.75, 3.05) is 33.4 Å². The van der Waals surface area contributed by atoms with Crippen LogP contribution in [-0.2, 0) is 29.1 Å². The Hall–Kier alpha value is -0.910. The molecule has 0 spiro atoms. The highest BCUT2D eigenvalue weighted by Crippen LogP contribution is 2.32. The Kier molecular flexibility index (Phi) is 9.11. The van der Waals surface area contributed by atoms with E-state index >= 15 is 0 Å². The molecule has 140 valence electrons. The van der Waals surface area contributed by atoms with E-state index in [0.717, 1.165) is 0 Å². The highest BCUT2D eigenvalue weighted by molar-refractivity contribution is 9.10. The number of rotatable bonds is 9. The van der Waals surface area contributed by atoms with Gasteiger partial charge in [-0.25, -0.2) is 8.42 Å². The molecule has 0 aliphatic carbocycles. The van der Waals surface area contributed by atoms with Crippen molar-refractivity contribution in [3.8, 4) is 0 Å². The molecule has 2 N–H and O–H groups in total. The molecule has 0 aliphatic heterocycles. The molecule has 1 rings (SSSR count). The molecule has 0 saturated heterocycles. The normalized spacial score (nSPS) is 11.2. The number of carbonyl (C=O) groups excluding carboxylic acids is 2. The van der Waals surface area contributed by atoms with Gasteiger partial charge in [-0.1, -0.05) is 39.1 Å². The fourth-order valence-electron chi connectivity index (χ4n) is 1.55. The second-order valence-electron chi connectivity index (χ2n) is 4.53. The standard InChI is InChI=1S/C13H15BrCl2N2O6S/c1-23-3-2-17-11(19)7-24-12(20)6-18-25(21,22)13-9(15)4-8(14)5-10(13)16/h4-5,18H,2-3,6-7H2,1H3,(H,17,19). The number of amides is 1. The summed E-state index contributed by atoms with van der Waals surface area (Å²) in [5.41, 5.74) is 0. The van der Waals surface area contributed by atoms with Crippen LogP contribution in [0.3, 0.4) is 0 Å². The first-order valence-corrected chi connectivity index (χ1v) is 9.76. The number of ether oxygens (including phenoxy) is 2. The molecule has 0 heterocycles. The van der Waals surface area contributed by atoms with E-state index in [1.54, 1.807) is 0 Å². The van der Waals surface area contributed by atoms with Crippen molar-refractivity contribution in [2.24, 2.45) is 0 Å². The molecule has 0 aromatic heterocycles. The van der Waals surface area contributed by atoms with Crippen molar-refractivity contribution >= 4 is 61.0 Å². The van der Waals surface area contributed by atoms with Gasteiger partial charge in [-0.15, -0.1) is 0 Å². The summed E-state index contributed by atoms with van der Waals surface area (Å²) in [4.78, 5) is 22.5. The topological polar surface area (TPSA) is 111 Å². The zero-order valence-corrected chi connectivity index (χ0v) is 16.9. The number of methoxy groups -OCH3 is 1. The van der Waals surface area contributed by atoms with Gasteiger partial charge in [-0.2, -0.15) is 4.72 Å². The summed E-state index contributed by atoms with van der Waals surface area (Å²) in [5.74, 6) is -1.47. The summed E-state index contributed by atoms with van der Waals surface area (Å²) in [6.07, 6.45) is 0. The highest BCUT2D eigenvalue weighted by atomic mass is 79.9. The number of nitrogens with one attached hydrogen (secondary N) is 2. The molecule has 0 bridgehead atoms. The van der Waals surface area contributed by atoms with Gasteiger partial charge in [0.2, 0.25) is 10.0 Å². The van der Waals surface area contributed by atoms with E-state index in [2.05, 4.69) is 26.0 Å². The predicted molar refractivity (Wildman–Crippen MR) is 95.2 cm³/mol. The smallest absolute Gasteiger partial charge is 0.321 e. The van der Waals surface area contributed by atoms with Gasteiger partial charge in [0.1, 0.15) is 11.4 Å². The lowest BCUT2D eigenvalue weighted by Gasteiger charge is -2.10. The maximum atomic E-state index is 12.2. The molecule has 1 aromatic carbocycles. The molecular formula is C13H15BrCl2N2O6S. The van der Waals surface area contributed by atoms with Crippen LogP contribution < -0.4 is 10.0 Å². The van der Waals surface area contributed by atoms with E-state index in [1.807, 2.05) is 4.72 Å². The Morgan fingerprint density at radius 3 is 2.40 bits per heavy atom. The Labute approximate surface area is 163 Å². The van der Waals surface area contributed by atoms with Gasteiger partial charge in [-0.3, -0.25) is 9.59 Å². The summed E-state index contributed by atoms with van der Waals surface area (Å²) in [6.45, 7) is -0.644. The number of benzene rings is 1. The first-order chi connectivity index (χ1) is 11.7. The average molecular weight is 478 g/mol. The van der Waals surface area contributed by atoms with Gasteiger partial charge in [0, 0.05) is 18.1 Å². The van der Waals surface area contributed by atoms with E-state index in [9.17, 15) is 18.0 Å². The molecule has 0 fully saturated rings. The molecule has 0 aliphatic rings. The quantitative estimate of drug-likeness (QED) is 0.410. The SMILES string of the molecule is COCCNC(=O)COC(=O)CNS(=O)(=O)c1c(Cl)cc(Br)cc1Cl. The third-order valence-electron chi connectivity index (χ3n) is 2.63. The summed E-state index contributed by atoms with van der Waals surface area (Å²) in [6, 6.07) is 2.70. The third kappa shape index (κ3) is 7.47. The van der Waals surface area contributed by atoms with Crippen LogP contribution in [-0.4, -0.2) is 53.7 Å². The van der Waals surface area contributed by atoms with Crippen LogP contribution in [0.25, 0.3) is 0 Å². The highest BCUT2D eigenvalue weighted by Gasteiger charge is 2.23. The van der Waals surface area contributed by atoms with Crippen LogP contribution in [0.5, 0.6) is 0 Å². The van der Waals surface area contributed by atoms with Gasteiger partial charge < -0.3 is 14.8 Å². The minimum Gasteiger partial charge on any atom is -0.455 e. The average Bonchev–Trinajstić information content (AvgIpc) is 2.50. The Bertz CT molecular complexity index is 721. The number of carbonyl (C=O) groups is 2. The molecular weight excluding hydrogens is 463 g/mol. The number of hydrogen-bond acceptors (Lipinski definition) is 6. The third-order valence-corrected chi connectivity index (χ3v) is 5.41. The Balaban J connectivity index is 2.57. The van der Waals surface area contributed by atoms with Crippen molar-refractivity contribution in [1.82, 2.24) is 10.0 Å². The summed E-state index contributed by atoms with van der Waals surface area (Å²) in [7, 11) is -2.67. The Morgan fingerprint density at radius 1 is 1.24 bits per heavy atom. The van der Waals surface area contributed by atoms with E-state index in [1.165, 1.54) is 19.2 Å². The maximum absolute atomic E-state index is 12.2. The molecule has 1 amide bonds. The summed E-state index contributed by atoms with van der Waals surface area (Å²) < 4.78 is 36.3. The number of sulfonamides is 1. The predicted octanol–water partition coefficient (Wildman–Crippen LogP) is 1.34. The van der Waals surface area contributed by atoms with Crippen LogP contribution in [0.15, 0.2) is 21.5 Å². The van der Waals surface area contributed by atoms with Crippen LogP contribution >= 0.6 is 39.1 Å². The van der Waals surface area contributed by atoms with Gasteiger partial charge in [0.25, 0.3) is 5.91 Å². The number of esters is 1. The molecule has 12 heteroatoms. The van der Waals surface area contributed by atoms with Crippen LogP contribution in [0, 0.1) is 0 Å². The lowest BCUT2D eigenvalue weighted by atomic mass is 10.4. The zero-order valence-electron chi connectivity index (χ0n) is 13.0. The summed E-state index contributed by atoms with van der Waals surface area (Å²) >= 11 is 14.9. The molecule has 8 nitrogen and oxygen atoms in total. The fraction of sp³-hybridized carbons (Fsp3) is 0.385. The monoisotopic (exact) mass is 476 g/mol. The minimum absolute atomic E-state index is 0.113. The van der Waals surface area contributed by atoms with Gasteiger partial charge in [0.15, 0.2) is 6.61 Å². The van der Waals surface area contributed by atoms with E-state index in [-0.39, 0.29) is 21.5 Å². The second kappa shape index (κ2) is 10.3. The van der Waals surface area contributed by atoms with Crippen LogP contribution in [0.4, 0.5) is 0 Å². The first kappa shape index (κ1) is 22.1. The molecule has 25 heavy (non-hydrogen) atoms. The van der Waals surface area contributed by atoms with Gasteiger partial charge in [-0.05, 0) is 12.1 Å². The maximum Gasteiger partial charge on any atom is 0.321 e. The van der Waals surface area contributed by atoms with Crippen LogP contribution in [0.1, 0.15) is 0 Å². The van der Waals surface area contributed by atoms with Crippen molar-refractivity contribution in [3.63, 3.8) is 0 Å².